The molecule has 0 spiro atoms. The van der Waals surface area contributed by atoms with E-state index in [9.17, 15) is 14.4 Å². The van der Waals surface area contributed by atoms with Crippen molar-refractivity contribution in [3.63, 3.8) is 0 Å². The van der Waals surface area contributed by atoms with Gasteiger partial charge in [0.05, 0.1) is 0 Å². The molecule has 3 aromatic heterocycles. The third-order valence-corrected chi connectivity index (χ3v) is 6.59. The van der Waals surface area contributed by atoms with E-state index in [1.54, 1.807) is 11.1 Å². The second-order valence-electron chi connectivity index (χ2n) is 8.70. The topological polar surface area (TPSA) is 117 Å². The molecule has 6 rings (SSSR count). The molecule has 1 fully saturated rings. The molecule has 1 aliphatic rings. The average Bonchev–Trinajstić information content (AvgIpc) is 3.27. The highest BCUT2D eigenvalue weighted by Gasteiger charge is 2.29. The van der Waals surface area contributed by atoms with Crippen LogP contribution in [0.4, 0.5) is 0 Å². The van der Waals surface area contributed by atoms with Crippen LogP contribution in [0.5, 0.6) is 0 Å². The minimum absolute atomic E-state index is 0.00314. The van der Waals surface area contributed by atoms with Gasteiger partial charge in [-0.05, 0) is 35.7 Å². The van der Waals surface area contributed by atoms with E-state index in [2.05, 4.69) is 43.8 Å². The summed E-state index contributed by atoms with van der Waals surface area (Å²) >= 11 is 0. The smallest absolute Gasteiger partial charge is 0.326 e. The number of rotatable bonds is 3. The van der Waals surface area contributed by atoms with Crippen LogP contribution in [-0.2, 0) is 0 Å². The summed E-state index contributed by atoms with van der Waals surface area (Å²) in [7, 11) is 0. The van der Waals surface area contributed by atoms with Crippen molar-refractivity contribution in [1.29, 1.82) is 0 Å². The number of benzene rings is 2. The van der Waals surface area contributed by atoms with Crippen molar-refractivity contribution in [1.82, 2.24) is 29.4 Å². The number of imidazole rings is 1. The number of likely N-dealkylation sites (tertiary alicyclic amines) is 1. The standard InChI is InChI=1S/C26H22N6O3/c33-22-15-21(29-26(35)30-22)25(34)31-13-10-17(11-14-31)32-23(28-20-9-4-12-27-24(20)32)19-8-3-6-16-5-1-2-7-18(16)19/h1-9,12,15,17H,10-11,13-14H2,(H2,29,30,33,35). The van der Waals surface area contributed by atoms with E-state index in [0.29, 0.717) is 25.9 Å². The summed E-state index contributed by atoms with van der Waals surface area (Å²) in [5, 5.41) is 2.27. The summed E-state index contributed by atoms with van der Waals surface area (Å²) in [5.41, 5.74) is 1.41. The van der Waals surface area contributed by atoms with E-state index in [1.807, 2.05) is 30.3 Å². The van der Waals surface area contributed by atoms with Crippen molar-refractivity contribution in [2.45, 2.75) is 18.9 Å². The first-order valence-corrected chi connectivity index (χ1v) is 11.5. The third kappa shape index (κ3) is 3.71. The van der Waals surface area contributed by atoms with Crippen molar-refractivity contribution in [2.24, 2.45) is 0 Å². The molecule has 0 radical (unpaired) electrons. The molecule has 0 aliphatic carbocycles. The summed E-state index contributed by atoms with van der Waals surface area (Å²) in [5.74, 6) is 0.508. The molecule has 1 amide bonds. The Morgan fingerprint density at radius 2 is 1.74 bits per heavy atom. The Morgan fingerprint density at radius 3 is 2.57 bits per heavy atom. The van der Waals surface area contributed by atoms with Crippen LogP contribution >= 0.6 is 0 Å². The monoisotopic (exact) mass is 466 g/mol. The van der Waals surface area contributed by atoms with Crippen molar-refractivity contribution in [2.75, 3.05) is 13.1 Å². The fraction of sp³-hybridized carbons (Fsp3) is 0.192. The van der Waals surface area contributed by atoms with Gasteiger partial charge in [0, 0.05) is 37.0 Å². The second kappa shape index (κ2) is 8.35. The molecule has 1 aliphatic heterocycles. The molecule has 2 N–H and O–H groups in total. The normalized spacial score (nSPS) is 14.6. The molecular formula is C26H22N6O3. The lowest BCUT2D eigenvalue weighted by Gasteiger charge is -2.33. The molecule has 1 saturated heterocycles. The molecule has 174 valence electrons. The molecular weight excluding hydrogens is 444 g/mol. The molecule has 0 atom stereocenters. The Hall–Kier alpha value is -4.53. The predicted molar refractivity (Wildman–Crippen MR) is 132 cm³/mol. The highest BCUT2D eigenvalue weighted by atomic mass is 16.2. The number of hydrogen-bond donors (Lipinski definition) is 2. The Morgan fingerprint density at radius 1 is 0.943 bits per heavy atom. The molecule has 9 nitrogen and oxygen atoms in total. The largest absolute Gasteiger partial charge is 0.337 e. The third-order valence-electron chi connectivity index (χ3n) is 6.59. The first kappa shape index (κ1) is 21.0. The minimum atomic E-state index is -0.688. The lowest BCUT2D eigenvalue weighted by molar-refractivity contribution is 0.0689. The average molecular weight is 467 g/mol. The van der Waals surface area contributed by atoms with Gasteiger partial charge in [0.15, 0.2) is 5.65 Å². The fourth-order valence-corrected chi connectivity index (χ4v) is 4.97. The van der Waals surface area contributed by atoms with E-state index < -0.39 is 11.2 Å². The van der Waals surface area contributed by atoms with Gasteiger partial charge in [-0.25, -0.2) is 14.8 Å². The molecule has 0 bridgehead atoms. The summed E-state index contributed by atoms with van der Waals surface area (Å²) in [6.07, 6.45) is 3.16. The molecule has 9 heteroatoms. The fourth-order valence-electron chi connectivity index (χ4n) is 4.97. The van der Waals surface area contributed by atoms with Gasteiger partial charge in [0.25, 0.3) is 11.5 Å². The van der Waals surface area contributed by atoms with Gasteiger partial charge in [0.1, 0.15) is 17.0 Å². The lowest BCUT2D eigenvalue weighted by atomic mass is 10.0. The molecule has 0 saturated carbocycles. The van der Waals surface area contributed by atoms with Gasteiger partial charge >= 0.3 is 5.69 Å². The van der Waals surface area contributed by atoms with E-state index in [0.717, 1.165) is 39.4 Å². The van der Waals surface area contributed by atoms with Crippen LogP contribution in [-0.4, -0.2) is 48.4 Å². The number of piperidine rings is 1. The van der Waals surface area contributed by atoms with Gasteiger partial charge in [-0.2, -0.15) is 0 Å². The zero-order valence-electron chi connectivity index (χ0n) is 18.8. The predicted octanol–water partition coefficient (Wildman–Crippen LogP) is 3.11. The van der Waals surface area contributed by atoms with Crippen LogP contribution in [0.2, 0.25) is 0 Å². The van der Waals surface area contributed by atoms with Gasteiger partial charge in [-0.15, -0.1) is 0 Å². The zero-order valence-corrected chi connectivity index (χ0v) is 18.8. The SMILES string of the molecule is O=C(c1cc(=O)[nH]c(=O)[nH]1)N1CCC(n2c(-c3cccc4ccccc34)nc3cccnc32)CC1. The van der Waals surface area contributed by atoms with E-state index in [4.69, 9.17) is 4.98 Å². The highest BCUT2D eigenvalue weighted by Crippen LogP contribution is 2.35. The maximum Gasteiger partial charge on any atom is 0.326 e. The van der Waals surface area contributed by atoms with Crippen molar-refractivity contribution in [3.05, 3.63) is 93.4 Å². The molecule has 35 heavy (non-hydrogen) atoms. The van der Waals surface area contributed by atoms with Gasteiger partial charge in [-0.3, -0.25) is 14.6 Å². The number of nitrogens with one attached hydrogen (secondary N) is 2. The van der Waals surface area contributed by atoms with Crippen LogP contribution in [0.1, 0.15) is 29.4 Å². The summed E-state index contributed by atoms with van der Waals surface area (Å²) in [6.45, 7) is 0.972. The first-order chi connectivity index (χ1) is 17.1. The number of aromatic nitrogens is 5. The molecule has 4 heterocycles. The Kier molecular flexibility index (Phi) is 5.02. The van der Waals surface area contributed by atoms with Crippen LogP contribution in [0, 0.1) is 0 Å². The summed E-state index contributed by atoms with van der Waals surface area (Å²) in [4.78, 5) is 52.0. The zero-order chi connectivity index (χ0) is 23.9. The number of H-pyrrole nitrogens is 2. The number of pyridine rings is 1. The Labute approximate surface area is 199 Å². The van der Waals surface area contributed by atoms with Crippen LogP contribution in [0.3, 0.4) is 0 Å². The quantitative estimate of drug-likeness (QED) is 0.424. The number of amides is 1. The van der Waals surface area contributed by atoms with E-state index in [1.165, 1.54) is 0 Å². The summed E-state index contributed by atoms with van der Waals surface area (Å²) in [6, 6.07) is 19.5. The number of hydrogen-bond acceptors (Lipinski definition) is 5. The van der Waals surface area contributed by atoms with Crippen molar-refractivity contribution in [3.8, 4) is 11.4 Å². The Bertz CT molecular complexity index is 1660. The van der Waals surface area contributed by atoms with Crippen LogP contribution < -0.4 is 11.2 Å². The number of fused-ring (bicyclic) bond motifs is 2. The molecule has 0 unspecified atom stereocenters. The number of carbonyl (C=O) groups is 1. The number of nitrogens with zero attached hydrogens (tertiary/aromatic N) is 4. The Balaban J connectivity index is 1.36. The van der Waals surface area contributed by atoms with Gasteiger partial charge in [-0.1, -0.05) is 42.5 Å². The number of carbonyl (C=O) groups excluding carboxylic acids is 1. The van der Waals surface area contributed by atoms with Crippen LogP contribution in [0.15, 0.2) is 76.4 Å². The number of aromatic amines is 2. The maximum absolute atomic E-state index is 12.9. The maximum atomic E-state index is 12.9. The second-order valence-corrected chi connectivity index (χ2v) is 8.70. The van der Waals surface area contributed by atoms with E-state index in [-0.39, 0.29) is 17.6 Å². The van der Waals surface area contributed by atoms with Crippen molar-refractivity contribution >= 4 is 27.8 Å². The minimum Gasteiger partial charge on any atom is -0.337 e. The van der Waals surface area contributed by atoms with Crippen molar-refractivity contribution < 1.29 is 4.79 Å². The molecule has 2 aromatic carbocycles. The van der Waals surface area contributed by atoms with Gasteiger partial charge < -0.3 is 14.5 Å². The molecule has 5 aromatic rings. The van der Waals surface area contributed by atoms with Crippen LogP contribution in [0.25, 0.3) is 33.3 Å². The van der Waals surface area contributed by atoms with E-state index >= 15 is 0 Å². The summed E-state index contributed by atoms with van der Waals surface area (Å²) < 4.78 is 2.20. The lowest BCUT2D eigenvalue weighted by Crippen LogP contribution is -2.40. The van der Waals surface area contributed by atoms with Gasteiger partial charge in [0.2, 0.25) is 0 Å². The highest BCUT2D eigenvalue weighted by molar-refractivity contribution is 5.96. The first-order valence-electron chi connectivity index (χ1n) is 11.5.